The number of hydrogen-bond donors (Lipinski definition) is 2. The molecule has 1 atom stereocenters. The fraction of sp³-hybridized carbons (Fsp3) is 0.909. The second kappa shape index (κ2) is 6.20. The summed E-state index contributed by atoms with van der Waals surface area (Å²) < 4.78 is 0. The van der Waals surface area contributed by atoms with Gasteiger partial charge in [0, 0.05) is 38.1 Å². The summed E-state index contributed by atoms with van der Waals surface area (Å²) in [6, 6.07) is 0.896. The smallest absolute Gasteiger partial charge is 0.148 e. The molecule has 0 aromatic carbocycles. The first-order chi connectivity index (χ1) is 7.13. The molecule has 0 radical (unpaired) electrons. The molecule has 88 valence electrons. The highest BCUT2D eigenvalue weighted by atomic mass is 16.1. The number of Topliss-reactive ketones (excluding diaryl/α,β-unsaturated/α-hetero) is 1. The Morgan fingerprint density at radius 2 is 2.33 bits per heavy atom. The first kappa shape index (κ1) is 12.6. The third-order valence-electron chi connectivity index (χ3n) is 2.90. The molecular weight excluding hydrogens is 190 g/mol. The average Bonchev–Trinajstić information content (AvgIpc) is 2.58. The van der Waals surface area contributed by atoms with Crippen LogP contribution in [0.3, 0.4) is 0 Å². The maximum atomic E-state index is 11.1. The fourth-order valence-corrected chi connectivity index (χ4v) is 1.91. The van der Waals surface area contributed by atoms with Gasteiger partial charge in [-0.1, -0.05) is 0 Å². The van der Waals surface area contributed by atoms with Crippen LogP contribution in [0, 0.1) is 0 Å². The van der Waals surface area contributed by atoms with Gasteiger partial charge in [0.05, 0.1) is 6.54 Å². The minimum Gasteiger partial charge on any atom is -0.318 e. The van der Waals surface area contributed by atoms with Gasteiger partial charge in [-0.2, -0.15) is 0 Å². The number of carbonyl (C=O) groups is 1. The Balaban J connectivity index is 2.33. The Morgan fingerprint density at radius 1 is 1.60 bits per heavy atom. The van der Waals surface area contributed by atoms with E-state index in [1.54, 1.807) is 0 Å². The summed E-state index contributed by atoms with van der Waals surface area (Å²) in [4.78, 5) is 13.5. The Morgan fingerprint density at radius 3 is 2.80 bits per heavy atom. The zero-order valence-corrected chi connectivity index (χ0v) is 10.0. The molecule has 0 aromatic heterocycles. The van der Waals surface area contributed by atoms with Crippen molar-refractivity contribution in [3.8, 4) is 0 Å². The van der Waals surface area contributed by atoms with Crippen molar-refractivity contribution in [2.75, 3.05) is 33.2 Å². The van der Waals surface area contributed by atoms with E-state index in [-0.39, 0.29) is 0 Å². The Bertz CT molecular complexity index is 206. The standard InChI is InChI=1S/C11H23N3O/c1-9(2)14(5-4-12-3)8-10-6-11(15)7-13-10/h9-10,12-13H,4-8H2,1-3H3. The van der Waals surface area contributed by atoms with Crippen LogP contribution in [-0.2, 0) is 4.79 Å². The molecular formula is C11H23N3O. The highest BCUT2D eigenvalue weighted by Crippen LogP contribution is 2.06. The number of likely N-dealkylation sites (N-methyl/N-ethyl adjacent to an activating group) is 1. The van der Waals surface area contributed by atoms with E-state index >= 15 is 0 Å². The number of nitrogens with zero attached hydrogens (tertiary/aromatic N) is 1. The zero-order chi connectivity index (χ0) is 11.3. The molecule has 0 amide bonds. The predicted octanol–water partition coefficient (Wildman–Crippen LogP) is -0.153. The fourth-order valence-electron chi connectivity index (χ4n) is 1.91. The largest absolute Gasteiger partial charge is 0.318 e. The molecule has 4 heteroatoms. The summed E-state index contributed by atoms with van der Waals surface area (Å²) in [6.07, 6.45) is 0.697. The molecule has 0 bridgehead atoms. The first-order valence-corrected chi connectivity index (χ1v) is 5.77. The number of carbonyl (C=O) groups excluding carboxylic acids is 1. The Labute approximate surface area is 92.4 Å². The number of nitrogens with one attached hydrogen (secondary N) is 2. The second-order valence-corrected chi connectivity index (χ2v) is 4.51. The van der Waals surface area contributed by atoms with Gasteiger partial charge in [0.2, 0.25) is 0 Å². The van der Waals surface area contributed by atoms with E-state index in [0.717, 1.165) is 19.6 Å². The molecule has 1 aliphatic heterocycles. The summed E-state index contributed by atoms with van der Waals surface area (Å²) in [6.45, 7) is 7.98. The lowest BCUT2D eigenvalue weighted by atomic mass is 10.2. The topological polar surface area (TPSA) is 44.4 Å². The SMILES string of the molecule is CNCCN(CC1CC(=O)CN1)C(C)C. The summed E-state index contributed by atoms with van der Waals surface area (Å²) in [5.74, 6) is 0.345. The van der Waals surface area contributed by atoms with Crippen molar-refractivity contribution in [1.29, 1.82) is 0 Å². The third kappa shape index (κ3) is 4.28. The Kier molecular flexibility index (Phi) is 5.22. The maximum Gasteiger partial charge on any atom is 0.148 e. The van der Waals surface area contributed by atoms with E-state index in [9.17, 15) is 4.79 Å². The van der Waals surface area contributed by atoms with Crippen LogP contribution < -0.4 is 10.6 Å². The van der Waals surface area contributed by atoms with E-state index in [2.05, 4.69) is 29.4 Å². The van der Waals surface area contributed by atoms with Gasteiger partial charge < -0.3 is 10.6 Å². The zero-order valence-electron chi connectivity index (χ0n) is 10.0. The molecule has 1 fully saturated rings. The van der Waals surface area contributed by atoms with Crippen molar-refractivity contribution in [3.63, 3.8) is 0 Å². The van der Waals surface area contributed by atoms with E-state index in [0.29, 0.717) is 30.8 Å². The molecule has 15 heavy (non-hydrogen) atoms. The minimum absolute atomic E-state index is 0.345. The van der Waals surface area contributed by atoms with E-state index in [4.69, 9.17) is 0 Å². The molecule has 0 aromatic rings. The van der Waals surface area contributed by atoms with Crippen LogP contribution in [0.2, 0.25) is 0 Å². The highest BCUT2D eigenvalue weighted by Gasteiger charge is 2.23. The van der Waals surface area contributed by atoms with Crippen LogP contribution in [0.4, 0.5) is 0 Å². The van der Waals surface area contributed by atoms with Crippen molar-refractivity contribution < 1.29 is 4.79 Å². The molecule has 0 spiro atoms. The number of hydrogen-bond acceptors (Lipinski definition) is 4. The predicted molar refractivity (Wildman–Crippen MR) is 62.1 cm³/mol. The van der Waals surface area contributed by atoms with Crippen molar-refractivity contribution in [2.45, 2.75) is 32.4 Å². The summed E-state index contributed by atoms with van der Waals surface area (Å²) in [5, 5.41) is 6.41. The molecule has 1 heterocycles. The lowest BCUT2D eigenvalue weighted by Crippen LogP contribution is -2.43. The van der Waals surface area contributed by atoms with Gasteiger partial charge in [-0.15, -0.1) is 0 Å². The van der Waals surface area contributed by atoms with Crippen LogP contribution >= 0.6 is 0 Å². The molecule has 1 saturated heterocycles. The van der Waals surface area contributed by atoms with E-state index < -0.39 is 0 Å². The van der Waals surface area contributed by atoms with Crippen molar-refractivity contribution in [1.82, 2.24) is 15.5 Å². The van der Waals surface area contributed by atoms with Crippen LogP contribution in [-0.4, -0.2) is 56.0 Å². The summed E-state index contributed by atoms with van der Waals surface area (Å²) in [5.41, 5.74) is 0. The van der Waals surface area contributed by atoms with Crippen LogP contribution in [0.25, 0.3) is 0 Å². The first-order valence-electron chi connectivity index (χ1n) is 5.77. The van der Waals surface area contributed by atoms with Crippen molar-refractivity contribution in [3.05, 3.63) is 0 Å². The Hall–Kier alpha value is -0.450. The molecule has 1 aliphatic rings. The van der Waals surface area contributed by atoms with Gasteiger partial charge in [-0.05, 0) is 20.9 Å². The molecule has 0 saturated carbocycles. The molecule has 4 nitrogen and oxygen atoms in total. The maximum absolute atomic E-state index is 11.1. The quantitative estimate of drug-likeness (QED) is 0.644. The van der Waals surface area contributed by atoms with Gasteiger partial charge in [0.1, 0.15) is 5.78 Å². The van der Waals surface area contributed by atoms with Crippen LogP contribution in [0.15, 0.2) is 0 Å². The van der Waals surface area contributed by atoms with Gasteiger partial charge in [0.15, 0.2) is 0 Å². The molecule has 2 N–H and O–H groups in total. The monoisotopic (exact) mass is 213 g/mol. The molecule has 0 aliphatic carbocycles. The third-order valence-corrected chi connectivity index (χ3v) is 2.90. The van der Waals surface area contributed by atoms with Gasteiger partial charge in [0.25, 0.3) is 0 Å². The summed E-state index contributed by atoms with van der Waals surface area (Å²) >= 11 is 0. The number of ketones is 1. The molecule has 1 unspecified atom stereocenters. The summed E-state index contributed by atoms with van der Waals surface area (Å²) in [7, 11) is 1.97. The van der Waals surface area contributed by atoms with Crippen LogP contribution in [0.5, 0.6) is 0 Å². The van der Waals surface area contributed by atoms with Crippen molar-refractivity contribution in [2.24, 2.45) is 0 Å². The highest BCUT2D eigenvalue weighted by molar-refractivity contribution is 5.83. The lowest BCUT2D eigenvalue weighted by Gasteiger charge is -2.28. The average molecular weight is 213 g/mol. The van der Waals surface area contributed by atoms with Gasteiger partial charge in [-0.3, -0.25) is 9.69 Å². The normalized spacial score (nSPS) is 21.9. The van der Waals surface area contributed by atoms with E-state index in [1.807, 2.05) is 7.05 Å². The van der Waals surface area contributed by atoms with E-state index in [1.165, 1.54) is 0 Å². The number of rotatable bonds is 6. The van der Waals surface area contributed by atoms with Crippen molar-refractivity contribution >= 4 is 5.78 Å². The second-order valence-electron chi connectivity index (χ2n) is 4.51. The molecule has 1 rings (SSSR count). The van der Waals surface area contributed by atoms with Gasteiger partial charge >= 0.3 is 0 Å². The lowest BCUT2D eigenvalue weighted by molar-refractivity contribution is -0.116. The van der Waals surface area contributed by atoms with Crippen LogP contribution in [0.1, 0.15) is 20.3 Å². The van der Waals surface area contributed by atoms with Gasteiger partial charge in [-0.25, -0.2) is 0 Å². The minimum atomic E-state index is 0.345.